The van der Waals surface area contributed by atoms with E-state index >= 15 is 0 Å². The molecule has 1 aliphatic heterocycles. The van der Waals surface area contributed by atoms with Crippen molar-refractivity contribution in [2.24, 2.45) is 10.4 Å². The van der Waals surface area contributed by atoms with Gasteiger partial charge in [0.05, 0.1) is 18.0 Å². The van der Waals surface area contributed by atoms with E-state index in [4.69, 9.17) is 14.3 Å². The van der Waals surface area contributed by atoms with Crippen LogP contribution in [0.4, 0.5) is 5.82 Å². The molecule has 45 heavy (non-hydrogen) atoms. The van der Waals surface area contributed by atoms with Gasteiger partial charge >= 0.3 is 0 Å². The quantitative estimate of drug-likeness (QED) is 0.235. The van der Waals surface area contributed by atoms with Gasteiger partial charge in [-0.1, -0.05) is 54.9 Å². The number of nitrogens with one attached hydrogen (secondary N) is 1. The molecule has 10 heteroatoms. The molecule has 2 aromatic carbocycles. The highest BCUT2D eigenvalue weighted by Gasteiger charge is 2.67. The number of nitrogens with zero attached hydrogens (tertiary/aromatic N) is 3. The molecule has 1 aromatic heterocycles. The van der Waals surface area contributed by atoms with Gasteiger partial charge in [0.15, 0.2) is 5.82 Å². The van der Waals surface area contributed by atoms with Crippen molar-refractivity contribution in [3.63, 3.8) is 0 Å². The summed E-state index contributed by atoms with van der Waals surface area (Å²) in [7, 11) is -3.98. The van der Waals surface area contributed by atoms with Gasteiger partial charge in [0.1, 0.15) is 17.1 Å². The number of aryl methyl sites for hydroxylation is 1. The summed E-state index contributed by atoms with van der Waals surface area (Å²) in [6.45, 7) is 5.37. The van der Waals surface area contributed by atoms with Gasteiger partial charge in [0.25, 0.3) is 15.9 Å². The molecule has 2 spiro atoms. The normalized spacial score (nSPS) is 19.5. The van der Waals surface area contributed by atoms with Crippen LogP contribution < -0.4 is 4.72 Å². The highest BCUT2D eigenvalue weighted by molar-refractivity contribution is 7.92. The Labute approximate surface area is 265 Å². The van der Waals surface area contributed by atoms with Crippen molar-refractivity contribution in [1.82, 2.24) is 10.1 Å². The minimum absolute atomic E-state index is 0.138. The lowest BCUT2D eigenvalue weighted by molar-refractivity contribution is -0.137. The Kier molecular flexibility index (Phi) is 7.84. The van der Waals surface area contributed by atoms with Gasteiger partial charge in [-0.3, -0.25) is 19.4 Å². The van der Waals surface area contributed by atoms with E-state index in [1.165, 1.54) is 12.8 Å². The highest BCUT2D eigenvalue weighted by atomic mass is 32.2. The maximum atomic E-state index is 13.8. The third-order valence-corrected chi connectivity index (χ3v) is 11.4. The summed E-state index contributed by atoms with van der Waals surface area (Å²) < 4.78 is 41.7. The van der Waals surface area contributed by atoms with E-state index in [1.54, 1.807) is 12.1 Å². The van der Waals surface area contributed by atoms with Crippen LogP contribution in [0.3, 0.4) is 0 Å². The molecular weight excluding hydrogens is 588 g/mol. The number of benzene rings is 2. The number of hydrogen-bond acceptors (Lipinski definition) is 7. The summed E-state index contributed by atoms with van der Waals surface area (Å²) in [5, 5.41) is 4.06. The van der Waals surface area contributed by atoms with Crippen molar-refractivity contribution in [2.45, 2.75) is 108 Å². The predicted molar refractivity (Wildman–Crippen MR) is 172 cm³/mol. The van der Waals surface area contributed by atoms with E-state index in [9.17, 15) is 13.2 Å². The standard InChI is InChI=1S/C35H42N4O5S/c1-3-5-14-31-36-35(22-34(23-35)17-18-34)33(40)39(31)20-24-15-16-26(25(19-24)21-43-4-2)27-10-7-9-13-30(27)45(41,42)38-32-28-11-6-8-12-29(28)44-37-32/h7,9-10,13,15-16,19H,3-6,8,11-12,14,17-18,20-23H2,1-2H3,(H,37,38). The predicted octanol–water partition coefficient (Wildman–Crippen LogP) is 6.80. The SMILES string of the molecule is CCCCC1=NC2(CC3(CC3)C2)C(=O)N1Cc1ccc(-c2ccccc2S(=O)(=O)Nc2noc3c2CCCC3)c(COCC)c1. The Morgan fingerprint density at radius 3 is 2.62 bits per heavy atom. The van der Waals surface area contributed by atoms with Crippen molar-refractivity contribution in [2.75, 3.05) is 11.3 Å². The third kappa shape index (κ3) is 5.60. The monoisotopic (exact) mass is 630 g/mol. The molecule has 1 N–H and O–H groups in total. The Bertz CT molecular complexity index is 1750. The van der Waals surface area contributed by atoms with Crippen molar-refractivity contribution in [3.05, 3.63) is 64.9 Å². The lowest BCUT2D eigenvalue weighted by Gasteiger charge is -2.42. The molecule has 2 fully saturated rings. The van der Waals surface area contributed by atoms with Crippen molar-refractivity contribution >= 4 is 27.6 Å². The van der Waals surface area contributed by atoms with E-state index < -0.39 is 15.6 Å². The molecule has 9 nitrogen and oxygen atoms in total. The number of amides is 1. The number of sulfonamides is 1. The van der Waals surface area contributed by atoms with Gasteiger partial charge in [-0.2, -0.15) is 0 Å². The number of fused-ring (bicyclic) bond motifs is 1. The molecule has 7 rings (SSSR count). The molecule has 0 unspecified atom stereocenters. The molecule has 0 saturated heterocycles. The summed E-state index contributed by atoms with van der Waals surface area (Å²) >= 11 is 0. The molecule has 0 atom stereocenters. The van der Waals surface area contributed by atoms with Crippen molar-refractivity contribution < 1.29 is 22.5 Å². The Morgan fingerprint density at radius 1 is 1.04 bits per heavy atom. The number of carbonyl (C=O) groups is 1. The van der Waals surface area contributed by atoms with Crippen LogP contribution in [0.25, 0.3) is 11.1 Å². The van der Waals surface area contributed by atoms with Crippen LogP contribution in [-0.2, 0) is 45.5 Å². The average molecular weight is 631 g/mol. The summed E-state index contributed by atoms with van der Waals surface area (Å²) in [4.78, 5) is 21.0. The third-order valence-electron chi connectivity index (χ3n) is 9.96. The molecule has 4 aliphatic rings. The number of rotatable bonds is 12. The minimum Gasteiger partial charge on any atom is -0.377 e. The zero-order chi connectivity index (χ0) is 31.2. The fourth-order valence-corrected chi connectivity index (χ4v) is 8.71. The van der Waals surface area contributed by atoms with Gasteiger partial charge in [-0.05, 0) is 86.5 Å². The zero-order valence-electron chi connectivity index (χ0n) is 26.2. The highest BCUT2D eigenvalue weighted by Crippen LogP contribution is 2.67. The summed E-state index contributed by atoms with van der Waals surface area (Å²) in [5.74, 6) is 2.08. The number of anilines is 1. The van der Waals surface area contributed by atoms with Gasteiger partial charge < -0.3 is 9.26 Å². The molecule has 0 bridgehead atoms. The average Bonchev–Trinajstić information content (AvgIpc) is 3.65. The number of hydrogen-bond donors (Lipinski definition) is 1. The van der Waals surface area contributed by atoms with Crippen LogP contribution in [0.1, 0.15) is 94.1 Å². The van der Waals surface area contributed by atoms with Crippen molar-refractivity contribution in [1.29, 1.82) is 0 Å². The van der Waals surface area contributed by atoms with E-state index in [2.05, 4.69) is 22.9 Å². The molecule has 0 radical (unpaired) electrons. The molecule has 3 aliphatic carbocycles. The molecule has 3 aromatic rings. The van der Waals surface area contributed by atoms with Crippen LogP contribution in [0.5, 0.6) is 0 Å². The molecule has 2 heterocycles. The summed E-state index contributed by atoms with van der Waals surface area (Å²) in [5.41, 5.74) is 3.84. The first kappa shape index (κ1) is 30.2. The zero-order valence-corrected chi connectivity index (χ0v) is 27.0. The minimum atomic E-state index is -3.98. The fraction of sp³-hybridized carbons (Fsp3) is 0.514. The van der Waals surface area contributed by atoms with Crippen LogP contribution in [0.2, 0.25) is 0 Å². The first-order chi connectivity index (χ1) is 21.8. The van der Waals surface area contributed by atoms with Crippen molar-refractivity contribution in [3.8, 4) is 11.1 Å². The van der Waals surface area contributed by atoms with E-state index in [0.717, 1.165) is 91.6 Å². The Balaban J connectivity index is 1.18. The number of aliphatic imine (C=N–C) groups is 1. The van der Waals surface area contributed by atoms with Gasteiger partial charge in [-0.25, -0.2) is 8.42 Å². The second-order valence-corrected chi connectivity index (χ2v) is 14.9. The van der Waals surface area contributed by atoms with Crippen LogP contribution >= 0.6 is 0 Å². The molecular formula is C35H42N4O5S. The second kappa shape index (κ2) is 11.7. The smallest absolute Gasteiger partial charge is 0.263 e. The number of ether oxygens (including phenoxy) is 1. The molecule has 238 valence electrons. The number of amidine groups is 1. The molecule has 1 amide bonds. The molecule has 2 saturated carbocycles. The van der Waals surface area contributed by atoms with Gasteiger partial charge in [-0.15, -0.1) is 0 Å². The maximum Gasteiger partial charge on any atom is 0.263 e. The van der Waals surface area contributed by atoms with E-state index in [0.29, 0.717) is 30.7 Å². The second-order valence-electron chi connectivity index (χ2n) is 13.3. The topological polar surface area (TPSA) is 114 Å². The number of aromatic nitrogens is 1. The summed E-state index contributed by atoms with van der Waals surface area (Å²) in [6.07, 6.45) is 10.5. The van der Waals surface area contributed by atoms with E-state index in [-0.39, 0.29) is 16.6 Å². The lowest BCUT2D eigenvalue weighted by Crippen LogP contribution is -2.51. The maximum absolute atomic E-state index is 13.8. The largest absolute Gasteiger partial charge is 0.377 e. The number of unbranched alkanes of at least 4 members (excludes halogenated alkanes) is 1. The first-order valence-corrected chi connectivity index (χ1v) is 17.9. The van der Waals surface area contributed by atoms with Crippen LogP contribution in [0, 0.1) is 5.41 Å². The van der Waals surface area contributed by atoms with E-state index in [1.807, 2.05) is 36.1 Å². The fourth-order valence-electron chi connectivity index (χ4n) is 7.45. The van der Waals surface area contributed by atoms with Gasteiger partial charge in [0, 0.05) is 30.6 Å². The summed E-state index contributed by atoms with van der Waals surface area (Å²) in [6, 6.07) is 13.0. The first-order valence-electron chi connectivity index (χ1n) is 16.5. The van der Waals surface area contributed by atoms with Crippen LogP contribution in [0.15, 0.2) is 56.9 Å². The Morgan fingerprint density at radius 2 is 1.84 bits per heavy atom. The van der Waals surface area contributed by atoms with Crippen LogP contribution in [-0.4, -0.2) is 42.4 Å². The van der Waals surface area contributed by atoms with Gasteiger partial charge in [0.2, 0.25) is 0 Å². The lowest BCUT2D eigenvalue weighted by atomic mass is 9.65. The number of carbonyl (C=O) groups excluding carboxylic acids is 1. The Hall–Kier alpha value is -3.50.